The Bertz CT molecular complexity index is 1140. The molecule has 27 heavy (non-hydrogen) atoms. The summed E-state index contributed by atoms with van der Waals surface area (Å²) in [4.78, 5) is 27.2. The number of hydrogen-bond donors (Lipinski definition) is 1. The highest BCUT2D eigenvalue weighted by Crippen LogP contribution is 2.31. The summed E-state index contributed by atoms with van der Waals surface area (Å²) in [5, 5.41) is 5.30. The molecule has 3 aromatic heterocycles. The van der Waals surface area contributed by atoms with Gasteiger partial charge in [0.15, 0.2) is 0 Å². The number of H-pyrrole nitrogens is 1. The van der Waals surface area contributed by atoms with Crippen LogP contribution in [0.15, 0.2) is 55.1 Å². The van der Waals surface area contributed by atoms with Crippen molar-refractivity contribution in [2.24, 2.45) is 7.05 Å². The lowest BCUT2D eigenvalue weighted by atomic mass is 9.93. The summed E-state index contributed by atoms with van der Waals surface area (Å²) in [7, 11) is 1.89. The molecule has 1 aromatic carbocycles. The lowest BCUT2D eigenvalue weighted by Gasteiger charge is -2.31. The number of fused-ring (bicyclic) bond motifs is 2. The first-order chi connectivity index (χ1) is 13.2. The summed E-state index contributed by atoms with van der Waals surface area (Å²) in [6.07, 6.45) is 5.51. The van der Waals surface area contributed by atoms with E-state index in [1.165, 1.54) is 0 Å². The molecule has 0 bridgehead atoms. The van der Waals surface area contributed by atoms with Crippen LogP contribution in [0.5, 0.6) is 0 Å². The molecule has 4 heterocycles. The highest BCUT2D eigenvalue weighted by atomic mass is 16.2. The minimum Gasteiger partial charge on any atom is -0.347 e. The topological polar surface area (TPSA) is 79.7 Å². The van der Waals surface area contributed by atoms with Crippen molar-refractivity contribution < 1.29 is 4.79 Å². The fourth-order valence-corrected chi connectivity index (χ4v) is 3.71. The molecular weight excluding hydrogens is 340 g/mol. The Morgan fingerprint density at radius 3 is 2.96 bits per heavy atom. The van der Waals surface area contributed by atoms with Gasteiger partial charge in [-0.05, 0) is 12.1 Å². The van der Waals surface area contributed by atoms with E-state index in [1.54, 1.807) is 17.1 Å². The molecule has 4 aromatic rings. The SMILES string of the molecule is Cn1cc(C2CN(C(=O)c3ccc4ccccc4n3)Cc3[nH]cnc32)cn1. The van der Waals surface area contributed by atoms with Crippen molar-refractivity contribution in [1.29, 1.82) is 0 Å². The molecule has 7 heteroatoms. The summed E-state index contributed by atoms with van der Waals surface area (Å²) >= 11 is 0. The Morgan fingerprint density at radius 2 is 2.11 bits per heavy atom. The number of aryl methyl sites for hydroxylation is 1. The van der Waals surface area contributed by atoms with E-state index < -0.39 is 0 Å². The van der Waals surface area contributed by atoms with Gasteiger partial charge >= 0.3 is 0 Å². The van der Waals surface area contributed by atoms with Crippen LogP contribution in [0.4, 0.5) is 0 Å². The number of imidazole rings is 1. The summed E-state index contributed by atoms with van der Waals surface area (Å²) in [5.41, 5.74) is 4.28. The number of benzene rings is 1. The number of aromatic nitrogens is 5. The lowest BCUT2D eigenvalue weighted by Crippen LogP contribution is -2.39. The monoisotopic (exact) mass is 358 g/mol. The van der Waals surface area contributed by atoms with Gasteiger partial charge in [-0.1, -0.05) is 24.3 Å². The Kier molecular flexibility index (Phi) is 3.53. The molecule has 7 nitrogen and oxygen atoms in total. The fourth-order valence-electron chi connectivity index (χ4n) is 3.71. The zero-order valence-corrected chi connectivity index (χ0v) is 14.8. The molecule has 1 N–H and O–H groups in total. The number of nitrogens with zero attached hydrogens (tertiary/aromatic N) is 5. The number of hydrogen-bond acceptors (Lipinski definition) is 4. The van der Waals surface area contributed by atoms with E-state index in [0.29, 0.717) is 18.8 Å². The molecule has 1 atom stereocenters. The summed E-state index contributed by atoms with van der Waals surface area (Å²) in [6.45, 7) is 1.05. The van der Waals surface area contributed by atoms with E-state index in [2.05, 4.69) is 20.1 Å². The number of aromatic amines is 1. The first kappa shape index (κ1) is 15.7. The third-order valence-electron chi connectivity index (χ3n) is 5.07. The number of para-hydroxylation sites is 1. The van der Waals surface area contributed by atoms with Crippen LogP contribution in [0.3, 0.4) is 0 Å². The van der Waals surface area contributed by atoms with Gasteiger partial charge in [0.05, 0.1) is 36.0 Å². The van der Waals surface area contributed by atoms with Crippen LogP contribution in [0.25, 0.3) is 10.9 Å². The Hall–Kier alpha value is -3.48. The first-order valence-electron chi connectivity index (χ1n) is 8.85. The normalized spacial score (nSPS) is 16.5. The van der Waals surface area contributed by atoms with Crippen LogP contribution in [-0.4, -0.2) is 42.1 Å². The molecule has 134 valence electrons. The Labute approximate surface area is 155 Å². The highest BCUT2D eigenvalue weighted by molar-refractivity contribution is 5.95. The van der Waals surface area contributed by atoms with Gasteiger partial charge in [0.1, 0.15) is 5.69 Å². The molecule has 1 aliphatic heterocycles. The molecule has 1 unspecified atom stereocenters. The zero-order chi connectivity index (χ0) is 18.4. The van der Waals surface area contributed by atoms with Crippen molar-refractivity contribution in [2.45, 2.75) is 12.5 Å². The van der Waals surface area contributed by atoms with Gasteiger partial charge in [-0.3, -0.25) is 9.48 Å². The first-order valence-corrected chi connectivity index (χ1v) is 8.85. The predicted molar refractivity (Wildman–Crippen MR) is 100 cm³/mol. The van der Waals surface area contributed by atoms with E-state index >= 15 is 0 Å². The second-order valence-electron chi connectivity index (χ2n) is 6.84. The van der Waals surface area contributed by atoms with Gasteiger partial charge in [0, 0.05) is 36.7 Å². The molecule has 0 spiro atoms. The van der Waals surface area contributed by atoms with Crippen molar-refractivity contribution in [2.75, 3.05) is 6.54 Å². The van der Waals surface area contributed by atoms with E-state index in [0.717, 1.165) is 27.9 Å². The Morgan fingerprint density at radius 1 is 1.22 bits per heavy atom. The van der Waals surface area contributed by atoms with Gasteiger partial charge in [-0.15, -0.1) is 0 Å². The minimum absolute atomic E-state index is 0.00175. The quantitative estimate of drug-likeness (QED) is 0.597. The van der Waals surface area contributed by atoms with E-state index in [1.807, 2.05) is 54.7 Å². The van der Waals surface area contributed by atoms with Crippen LogP contribution >= 0.6 is 0 Å². The molecule has 0 fully saturated rings. The van der Waals surface area contributed by atoms with Crippen molar-refractivity contribution in [3.05, 3.63) is 77.8 Å². The number of carbonyl (C=O) groups excluding carboxylic acids is 1. The van der Waals surface area contributed by atoms with Gasteiger partial charge in [-0.25, -0.2) is 9.97 Å². The molecule has 0 aliphatic carbocycles. The van der Waals surface area contributed by atoms with Gasteiger partial charge in [-0.2, -0.15) is 5.10 Å². The molecule has 0 saturated heterocycles. The second-order valence-corrected chi connectivity index (χ2v) is 6.84. The number of nitrogens with one attached hydrogen (secondary N) is 1. The lowest BCUT2D eigenvalue weighted by molar-refractivity contribution is 0.0716. The maximum atomic E-state index is 13.2. The molecule has 0 saturated carbocycles. The average molecular weight is 358 g/mol. The maximum absolute atomic E-state index is 13.2. The van der Waals surface area contributed by atoms with Crippen LogP contribution in [0.2, 0.25) is 0 Å². The standard InChI is InChI=1S/C20H18N6O/c1-25-9-14(8-23-25)15-10-26(11-18-19(15)22-12-21-18)20(27)17-7-6-13-4-2-3-5-16(13)24-17/h2-9,12,15H,10-11H2,1H3,(H,21,22). The summed E-state index contributed by atoms with van der Waals surface area (Å²) < 4.78 is 1.77. The highest BCUT2D eigenvalue weighted by Gasteiger charge is 2.32. The van der Waals surface area contributed by atoms with Gasteiger partial charge < -0.3 is 9.88 Å². The fraction of sp³-hybridized carbons (Fsp3) is 0.200. The van der Waals surface area contributed by atoms with Gasteiger partial charge in [0.2, 0.25) is 0 Å². The summed E-state index contributed by atoms with van der Waals surface area (Å²) in [5.74, 6) is -0.0759. The number of rotatable bonds is 2. The van der Waals surface area contributed by atoms with E-state index in [-0.39, 0.29) is 11.8 Å². The van der Waals surface area contributed by atoms with Crippen molar-refractivity contribution in [3.8, 4) is 0 Å². The maximum Gasteiger partial charge on any atom is 0.272 e. The third-order valence-corrected chi connectivity index (χ3v) is 5.07. The smallest absolute Gasteiger partial charge is 0.272 e. The number of carbonyl (C=O) groups is 1. The van der Waals surface area contributed by atoms with Crippen molar-refractivity contribution >= 4 is 16.8 Å². The Balaban J connectivity index is 1.50. The molecule has 5 rings (SSSR count). The van der Waals surface area contributed by atoms with Crippen molar-refractivity contribution in [1.82, 2.24) is 29.6 Å². The molecule has 0 radical (unpaired) electrons. The van der Waals surface area contributed by atoms with Crippen LogP contribution in [0.1, 0.15) is 33.4 Å². The van der Waals surface area contributed by atoms with E-state index in [9.17, 15) is 4.79 Å². The van der Waals surface area contributed by atoms with E-state index in [4.69, 9.17) is 0 Å². The predicted octanol–water partition coefficient (Wildman–Crippen LogP) is 2.48. The number of pyridine rings is 1. The second kappa shape index (κ2) is 6.05. The third kappa shape index (κ3) is 2.68. The van der Waals surface area contributed by atoms with Crippen LogP contribution in [0, 0.1) is 0 Å². The van der Waals surface area contributed by atoms with Crippen LogP contribution < -0.4 is 0 Å². The van der Waals surface area contributed by atoms with Crippen LogP contribution in [-0.2, 0) is 13.6 Å². The van der Waals surface area contributed by atoms with Crippen molar-refractivity contribution in [3.63, 3.8) is 0 Å². The zero-order valence-electron chi connectivity index (χ0n) is 14.8. The number of amides is 1. The summed E-state index contributed by atoms with van der Waals surface area (Å²) in [6, 6.07) is 11.6. The average Bonchev–Trinajstić information content (AvgIpc) is 3.35. The molecule has 1 aliphatic rings. The molecular formula is C20H18N6O. The molecule has 1 amide bonds. The largest absolute Gasteiger partial charge is 0.347 e. The minimum atomic E-state index is -0.0742. The van der Waals surface area contributed by atoms with Gasteiger partial charge in [0.25, 0.3) is 5.91 Å².